The summed E-state index contributed by atoms with van der Waals surface area (Å²) in [6.07, 6.45) is -0.541. The largest absolute Gasteiger partial charge is 0.388 e. The normalized spacial score (nSPS) is 14.5. The molecule has 0 aliphatic rings. The van der Waals surface area contributed by atoms with Crippen molar-refractivity contribution in [3.8, 4) is 0 Å². The van der Waals surface area contributed by atoms with Crippen LogP contribution in [0.4, 0.5) is 0 Å². The molecule has 1 heterocycles. The van der Waals surface area contributed by atoms with E-state index >= 15 is 0 Å². The quantitative estimate of drug-likeness (QED) is 0.910. The Hall–Kier alpha value is -0.680. The van der Waals surface area contributed by atoms with Crippen molar-refractivity contribution in [1.82, 2.24) is 0 Å². The molecule has 0 spiro atoms. The zero-order valence-corrected chi connectivity index (χ0v) is 11.6. The minimum Gasteiger partial charge on any atom is -0.388 e. The van der Waals surface area contributed by atoms with Gasteiger partial charge in [-0.05, 0) is 40.1 Å². The van der Waals surface area contributed by atoms with Crippen LogP contribution in [-0.4, -0.2) is 11.7 Å². The summed E-state index contributed by atoms with van der Waals surface area (Å²) in [4.78, 5) is 0. The molecule has 0 saturated heterocycles. The molecule has 0 aliphatic heterocycles. The fourth-order valence-electron chi connectivity index (χ4n) is 1.86. The molecular formula is C13H14BrNOS. The topological polar surface area (TPSA) is 46.2 Å². The summed E-state index contributed by atoms with van der Waals surface area (Å²) in [5.41, 5.74) is 7.78. The van der Waals surface area contributed by atoms with Gasteiger partial charge < -0.3 is 10.8 Å². The molecule has 2 unspecified atom stereocenters. The molecular weight excluding hydrogens is 298 g/mol. The minimum atomic E-state index is -0.541. The van der Waals surface area contributed by atoms with Crippen molar-refractivity contribution < 1.29 is 5.11 Å². The summed E-state index contributed by atoms with van der Waals surface area (Å²) in [7, 11) is 0. The lowest BCUT2D eigenvalue weighted by atomic mass is 9.90. The zero-order chi connectivity index (χ0) is 12.3. The molecule has 4 heteroatoms. The predicted octanol–water partition coefficient (Wildman–Crippen LogP) is 3.29. The Morgan fingerprint density at radius 1 is 1.29 bits per heavy atom. The average molecular weight is 312 g/mol. The second-order valence-electron chi connectivity index (χ2n) is 3.90. The number of hydrogen-bond acceptors (Lipinski definition) is 3. The number of halogens is 1. The molecule has 0 aliphatic carbocycles. The third kappa shape index (κ3) is 2.96. The Morgan fingerprint density at radius 3 is 2.71 bits per heavy atom. The maximum Gasteiger partial charge on any atom is 0.0878 e. The highest BCUT2D eigenvalue weighted by Gasteiger charge is 2.21. The molecule has 0 bridgehead atoms. The van der Waals surface area contributed by atoms with Crippen molar-refractivity contribution in [3.63, 3.8) is 0 Å². The minimum absolute atomic E-state index is 0.0675. The molecule has 0 radical (unpaired) electrons. The van der Waals surface area contributed by atoms with Crippen LogP contribution in [0, 0.1) is 0 Å². The van der Waals surface area contributed by atoms with Crippen molar-refractivity contribution in [2.24, 2.45) is 5.73 Å². The number of benzene rings is 1. The predicted molar refractivity (Wildman–Crippen MR) is 75.2 cm³/mol. The van der Waals surface area contributed by atoms with E-state index < -0.39 is 6.10 Å². The molecule has 1 aromatic carbocycles. The molecule has 17 heavy (non-hydrogen) atoms. The van der Waals surface area contributed by atoms with Crippen LogP contribution in [0.5, 0.6) is 0 Å². The van der Waals surface area contributed by atoms with Crippen LogP contribution in [0.15, 0.2) is 45.6 Å². The van der Waals surface area contributed by atoms with Crippen LogP contribution in [0.3, 0.4) is 0 Å². The van der Waals surface area contributed by atoms with Crippen LogP contribution in [0.2, 0.25) is 0 Å². The van der Waals surface area contributed by atoms with Gasteiger partial charge in [0.25, 0.3) is 0 Å². The zero-order valence-electron chi connectivity index (χ0n) is 9.21. The first-order valence-electron chi connectivity index (χ1n) is 5.38. The van der Waals surface area contributed by atoms with Gasteiger partial charge in [-0.15, -0.1) is 0 Å². The van der Waals surface area contributed by atoms with Crippen molar-refractivity contribution in [3.05, 3.63) is 56.7 Å². The van der Waals surface area contributed by atoms with Gasteiger partial charge in [-0.3, -0.25) is 0 Å². The van der Waals surface area contributed by atoms with Crippen molar-refractivity contribution in [2.45, 2.75) is 12.0 Å². The molecule has 3 N–H and O–H groups in total. The third-order valence-electron chi connectivity index (χ3n) is 2.80. The Kier molecular flexibility index (Phi) is 4.34. The number of thiophene rings is 1. The summed E-state index contributed by atoms with van der Waals surface area (Å²) in [5.74, 6) is -0.0675. The number of nitrogens with two attached hydrogens (primary N) is 1. The first kappa shape index (κ1) is 12.8. The average Bonchev–Trinajstić information content (AvgIpc) is 2.83. The molecule has 0 amide bonds. The number of rotatable bonds is 4. The van der Waals surface area contributed by atoms with Crippen molar-refractivity contribution >= 4 is 27.3 Å². The molecule has 2 nitrogen and oxygen atoms in total. The number of hydrogen-bond donors (Lipinski definition) is 2. The highest BCUT2D eigenvalue weighted by atomic mass is 79.9. The van der Waals surface area contributed by atoms with Gasteiger partial charge in [-0.25, -0.2) is 0 Å². The van der Waals surface area contributed by atoms with Crippen LogP contribution >= 0.6 is 27.3 Å². The van der Waals surface area contributed by atoms with Gasteiger partial charge >= 0.3 is 0 Å². The molecule has 1 aromatic heterocycles. The van der Waals surface area contributed by atoms with Gasteiger partial charge in [0.2, 0.25) is 0 Å². The lowest BCUT2D eigenvalue weighted by Crippen LogP contribution is -2.19. The van der Waals surface area contributed by atoms with E-state index in [0.717, 1.165) is 15.6 Å². The Morgan fingerprint density at radius 2 is 2.12 bits per heavy atom. The van der Waals surface area contributed by atoms with E-state index in [-0.39, 0.29) is 5.92 Å². The van der Waals surface area contributed by atoms with Crippen molar-refractivity contribution in [2.75, 3.05) is 6.54 Å². The highest BCUT2D eigenvalue weighted by Crippen LogP contribution is 2.32. The lowest BCUT2D eigenvalue weighted by Gasteiger charge is -2.21. The standard InChI is InChI=1S/C13H14BrNOS/c14-11-3-1-2-9(6-11)12(7-15)13(16)10-4-5-17-8-10/h1-6,8,12-13,16H,7,15H2. The summed E-state index contributed by atoms with van der Waals surface area (Å²) >= 11 is 5.02. The third-order valence-corrected chi connectivity index (χ3v) is 3.99. The SMILES string of the molecule is NCC(c1cccc(Br)c1)C(O)c1ccsc1. The summed E-state index contributed by atoms with van der Waals surface area (Å²) in [5, 5.41) is 14.3. The molecule has 2 rings (SSSR count). The van der Waals surface area contributed by atoms with Gasteiger partial charge in [0.05, 0.1) is 6.10 Å². The molecule has 0 saturated carbocycles. The summed E-state index contributed by atoms with van der Waals surface area (Å²) < 4.78 is 1.01. The molecule has 90 valence electrons. The van der Waals surface area contributed by atoms with E-state index in [1.165, 1.54) is 0 Å². The van der Waals surface area contributed by atoms with Gasteiger partial charge in [-0.1, -0.05) is 28.1 Å². The van der Waals surface area contributed by atoms with Gasteiger partial charge in [-0.2, -0.15) is 11.3 Å². The molecule has 2 atom stereocenters. The van der Waals surface area contributed by atoms with E-state index in [1.807, 2.05) is 41.1 Å². The monoisotopic (exact) mass is 311 g/mol. The smallest absolute Gasteiger partial charge is 0.0878 e. The van der Waals surface area contributed by atoms with E-state index in [1.54, 1.807) is 11.3 Å². The van der Waals surface area contributed by atoms with E-state index in [4.69, 9.17) is 5.73 Å². The van der Waals surface area contributed by atoms with Crippen LogP contribution in [0.25, 0.3) is 0 Å². The van der Waals surface area contributed by atoms with E-state index in [9.17, 15) is 5.11 Å². The molecule has 0 fully saturated rings. The second kappa shape index (κ2) is 5.78. The van der Waals surface area contributed by atoms with Crippen LogP contribution in [0.1, 0.15) is 23.1 Å². The van der Waals surface area contributed by atoms with Gasteiger partial charge in [0.15, 0.2) is 0 Å². The summed E-state index contributed by atoms with van der Waals surface area (Å²) in [6.45, 7) is 0.424. The first-order valence-corrected chi connectivity index (χ1v) is 7.11. The first-order chi connectivity index (χ1) is 8.22. The number of aliphatic hydroxyl groups is 1. The number of aliphatic hydroxyl groups excluding tert-OH is 1. The van der Waals surface area contributed by atoms with Gasteiger partial charge in [0, 0.05) is 16.9 Å². The maximum atomic E-state index is 10.3. The van der Waals surface area contributed by atoms with E-state index in [2.05, 4.69) is 15.9 Å². The fourth-order valence-corrected chi connectivity index (χ4v) is 2.97. The van der Waals surface area contributed by atoms with Crippen molar-refractivity contribution in [1.29, 1.82) is 0 Å². The maximum absolute atomic E-state index is 10.3. The van der Waals surface area contributed by atoms with Crippen LogP contribution in [-0.2, 0) is 0 Å². The van der Waals surface area contributed by atoms with Gasteiger partial charge in [0.1, 0.15) is 0 Å². The van der Waals surface area contributed by atoms with E-state index in [0.29, 0.717) is 6.54 Å². The second-order valence-corrected chi connectivity index (χ2v) is 5.59. The Balaban J connectivity index is 2.27. The fraction of sp³-hybridized carbons (Fsp3) is 0.231. The van der Waals surface area contributed by atoms with Crippen LogP contribution < -0.4 is 5.73 Å². The Bertz CT molecular complexity index is 472. The highest BCUT2D eigenvalue weighted by molar-refractivity contribution is 9.10. The Labute approximate surface area is 113 Å². The summed E-state index contributed by atoms with van der Waals surface area (Å²) in [6, 6.07) is 9.87. The molecule has 2 aromatic rings. The lowest BCUT2D eigenvalue weighted by molar-refractivity contribution is 0.148.